The second-order valence-corrected chi connectivity index (χ2v) is 5.45. The van der Waals surface area contributed by atoms with Crippen molar-refractivity contribution in [2.24, 2.45) is 0 Å². The summed E-state index contributed by atoms with van der Waals surface area (Å²) in [7, 11) is 1.58. The van der Waals surface area contributed by atoms with Crippen molar-refractivity contribution in [3.63, 3.8) is 0 Å². The maximum atomic E-state index is 12.0. The van der Waals surface area contributed by atoms with Crippen LogP contribution < -0.4 is 0 Å². The number of carbonyl (C=O) groups is 2. The average molecular weight is 308 g/mol. The van der Waals surface area contributed by atoms with Crippen molar-refractivity contribution in [1.82, 2.24) is 9.88 Å². The highest BCUT2D eigenvalue weighted by molar-refractivity contribution is 7.08. The van der Waals surface area contributed by atoms with Crippen molar-refractivity contribution in [1.29, 1.82) is 0 Å². The molecule has 0 spiro atoms. The van der Waals surface area contributed by atoms with Crippen molar-refractivity contribution < 1.29 is 19.1 Å². The average Bonchev–Trinajstić information content (AvgIpc) is 3.06. The molecule has 2 aromatic heterocycles. The molecule has 0 atom stereocenters. The number of carboxylic acid groups (broad SMARTS) is 1. The molecule has 2 heterocycles. The van der Waals surface area contributed by atoms with Gasteiger partial charge in [-0.05, 0) is 18.4 Å². The van der Waals surface area contributed by atoms with Gasteiger partial charge in [0.25, 0.3) is 0 Å². The van der Waals surface area contributed by atoms with Crippen LogP contribution in [-0.4, -0.2) is 40.5 Å². The highest BCUT2D eigenvalue weighted by Gasteiger charge is 2.17. The maximum Gasteiger partial charge on any atom is 0.305 e. The maximum absolute atomic E-state index is 12.0. The van der Waals surface area contributed by atoms with E-state index in [2.05, 4.69) is 4.98 Å². The van der Waals surface area contributed by atoms with Crippen LogP contribution in [-0.2, 0) is 16.0 Å². The number of aromatic nitrogens is 1. The van der Waals surface area contributed by atoms with Gasteiger partial charge in [-0.2, -0.15) is 11.3 Å². The van der Waals surface area contributed by atoms with Crippen LogP contribution in [0, 0.1) is 6.92 Å². The van der Waals surface area contributed by atoms with E-state index in [4.69, 9.17) is 9.52 Å². The summed E-state index contributed by atoms with van der Waals surface area (Å²) in [6.45, 7) is 1.95. The molecule has 0 aliphatic rings. The van der Waals surface area contributed by atoms with Gasteiger partial charge in [0.1, 0.15) is 5.76 Å². The van der Waals surface area contributed by atoms with E-state index in [0.29, 0.717) is 17.3 Å². The molecule has 6 nitrogen and oxygen atoms in total. The third-order valence-electron chi connectivity index (χ3n) is 3.07. The Morgan fingerprint density at radius 1 is 1.48 bits per heavy atom. The Morgan fingerprint density at radius 2 is 2.24 bits per heavy atom. The number of nitrogens with zero attached hydrogens (tertiary/aromatic N) is 2. The Hall–Kier alpha value is -2.15. The van der Waals surface area contributed by atoms with Gasteiger partial charge in [0.2, 0.25) is 11.8 Å². The molecule has 0 radical (unpaired) electrons. The molecule has 1 amide bonds. The smallest absolute Gasteiger partial charge is 0.305 e. The third kappa shape index (κ3) is 3.91. The second kappa shape index (κ2) is 6.53. The van der Waals surface area contributed by atoms with Gasteiger partial charge in [-0.25, -0.2) is 4.98 Å². The van der Waals surface area contributed by atoms with Crippen molar-refractivity contribution >= 4 is 23.2 Å². The van der Waals surface area contributed by atoms with Gasteiger partial charge >= 0.3 is 5.97 Å². The van der Waals surface area contributed by atoms with E-state index in [9.17, 15) is 9.59 Å². The van der Waals surface area contributed by atoms with Crippen LogP contribution in [0.1, 0.15) is 17.9 Å². The Labute approximate surface area is 126 Å². The number of hydrogen-bond acceptors (Lipinski definition) is 5. The summed E-state index contributed by atoms with van der Waals surface area (Å²) in [5, 5.41) is 12.5. The predicted molar refractivity (Wildman–Crippen MR) is 78.1 cm³/mol. The fourth-order valence-electron chi connectivity index (χ4n) is 1.77. The number of thiophene rings is 1. The first-order valence-electron chi connectivity index (χ1n) is 6.42. The molecule has 0 aliphatic heterocycles. The molecule has 0 bridgehead atoms. The minimum atomic E-state index is -0.924. The normalized spacial score (nSPS) is 10.6. The Morgan fingerprint density at radius 3 is 2.86 bits per heavy atom. The molecule has 7 heteroatoms. The van der Waals surface area contributed by atoms with Crippen LogP contribution in [0.2, 0.25) is 0 Å². The summed E-state index contributed by atoms with van der Waals surface area (Å²) >= 11 is 1.55. The summed E-state index contributed by atoms with van der Waals surface area (Å²) < 4.78 is 5.57. The van der Waals surface area contributed by atoms with Crippen molar-refractivity contribution in [2.45, 2.75) is 19.8 Å². The molecule has 2 aromatic rings. The highest BCUT2D eigenvalue weighted by Crippen LogP contribution is 2.24. The number of likely N-dealkylation sites (N-methyl/N-ethyl adjacent to an activating group) is 1. The van der Waals surface area contributed by atoms with Crippen molar-refractivity contribution in [2.75, 3.05) is 13.6 Å². The monoisotopic (exact) mass is 308 g/mol. The van der Waals surface area contributed by atoms with Gasteiger partial charge in [-0.1, -0.05) is 0 Å². The van der Waals surface area contributed by atoms with E-state index in [1.54, 1.807) is 25.3 Å². The van der Waals surface area contributed by atoms with Gasteiger partial charge in [-0.15, -0.1) is 0 Å². The summed E-state index contributed by atoms with van der Waals surface area (Å²) in [6.07, 6.45) is 0.0375. The Balaban J connectivity index is 2.02. The molecule has 0 saturated carbocycles. The molecule has 0 saturated heterocycles. The summed E-state index contributed by atoms with van der Waals surface area (Å²) in [5.41, 5.74) is 1.48. The van der Waals surface area contributed by atoms with Crippen molar-refractivity contribution in [3.05, 3.63) is 28.3 Å². The molecule has 112 valence electrons. The lowest BCUT2D eigenvalue weighted by Crippen LogP contribution is -2.30. The first kappa shape index (κ1) is 15.2. The van der Waals surface area contributed by atoms with Crippen LogP contribution in [0.15, 0.2) is 21.2 Å². The topological polar surface area (TPSA) is 83.6 Å². The molecule has 2 rings (SSSR count). The Bertz CT molecular complexity index is 633. The van der Waals surface area contributed by atoms with Crippen LogP contribution >= 0.6 is 11.3 Å². The third-order valence-corrected chi connectivity index (χ3v) is 3.75. The summed E-state index contributed by atoms with van der Waals surface area (Å²) in [5.74, 6) is 0.0115. The SMILES string of the molecule is Cc1oc(-c2ccsc2)nc1CC(=O)N(C)CCC(=O)O. The lowest BCUT2D eigenvalue weighted by Gasteiger charge is -2.15. The van der Waals surface area contributed by atoms with E-state index >= 15 is 0 Å². The molecule has 1 N–H and O–H groups in total. The summed E-state index contributed by atoms with van der Waals surface area (Å²) in [4.78, 5) is 28.3. The number of amides is 1. The fraction of sp³-hybridized carbons (Fsp3) is 0.357. The molecule has 0 aliphatic carbocycles. The fourth-order valence-corrected chi connectivity index (χ4v) is 2.40. The van der Waals surface area contributed by atoms with Gasteiger partial charge in [0, 0.05) is 24.5 Å². The number of aryl methyl sites for hydroxylation is 1. The first-order valence-corrected chi connectivity index (χ1v) is 7.36. The van der Waals surface area contributed by atoms with E-state index < -0.39 is 5.97 Å². The quantitative estimate of drug-likeness (QED) is 0.884. The lowest BCUT2D eigenvalue weighted by molar-refractivity contribution is -0.138. The number of carboxylic acids is 1. The standard InChI is InChI=1S/C14H16N2O4S/c1-9-11(7-12(17)16(2)5-3-13(18)19)15-14(20-9)10-4-6-21-8-10/h4,6,8H,3,5,7H2,1-2H3,(H,18,19). The van der Waals surface area contributed by atoms with Gasteiger partial charge in [0.15, 0.2) is 0 Å². The predicted octanol–water partition coefficient (Wildman–Crippen LogP) is 2.19. The number of rotatable bonds is 6. The van der Waals surface area contributed by atoms with Crippen LogP contribution in [0.4, 0.5) is 0 Å². The number of aliphatic carboxylic acids is 1. The molecule has 0 unspecified atom stereocenters. The van der Waals surface area contributed by atoms with Gasteiger partial charge in [0.05, 0.1) is 18.5 Å². The minimum absolute atomic E-state index is 0.0693. The zero-order chi connectivity index (χ0) is 15.4. The van der Waals surface area contributed by atoms with E-state index in [0.717, 1.165) is 5.56 Å². The van der Waals surface area contributed by atoms with Gasteiger partial charge < -0.3 is 14.4 Å². The van der Waals surface area contributed by atoms with Crippen LogP contribution in [0.3, 0.4) is 0 Å². The molecular formula is C14H16N2O4S. The molecular weight excluding hydrogens is 292 g/mol. The van der Waals surface area contributed by atoms with Gasteiger partial charge in [-0.3, -0.25) is 9.59 Å². The summed E-state index contributed by atoms with van der Waals surface area (Å²) in [6, 6.07) is 1.90. The molecule has 0 fully saturated rings. The largest absolute Gasteiger partial charge is 0.481 e. The van der Waals surface area contributed by atoms with Crippen LogP contribution in [0.5, 0.6) is 0 Å². The van der Waals surface area contributed by atoms with E-state index in [1.807, 2.05) is 16.8 Å². The molecule has 0 aromatic carbocycles. The Kier molecular flexibility index (Phi) is 4.74. The van der Waals surface area contributed by atoms with Crippen molar-refractivity contribution in [3.8, 4) is 11.5 Å². The second-order valence-electron chi connectivity index (χ2n) is 4.67. The zero-order valence-corrected chi connectivity index (χ0v) is 12.6. The number of hydrogen-bond donors (Lipinski definition) is 1. The number of oxazole rings is 1. The van der Waals surface area contributed by atoms with E-state index in [-0.39, 0.29) is 25.3 Å². The first-order chi connectivity index (χ1) is 9.97. The minimum Gasteiger partial charge on any atom is -0.481 e. The van der Waals surface area contributed by atoms with E-state index in [1.165, 1.54) is 4.90 Å². The van der Waals surface area contributed by atoms with Crippen LogP contribution in [0.25, 0.3) is 11.5 Å². The lowest BCUT2D eigenvalue weighted by atomic mass is 10.2. The number of carbonyl (C=O) groups excluding carboxylic acids is 1. The molecule has 21 heavy (non-hydrogen) atoms. The zero-order valence-electron chi connectivity index (χ0n) is 11.8. The highest BCUT2D eigenvalue weighted by atomic mass is 32.1.